The van der Waals surface area contributed by atoms with Gasteiger partial charge in [-0.2, -0.15) is 0 Å². The summed E-state index contributed by atoms with van der Waals surface area (Å²) in [6.45, 7) is 6.54. The van der Waals surface area contributed by atoms with Crippen molar-refractivity contribution in [2.75, 3.05) is 18.5 Å². The van der Waals surface area contributed by atoms with E-state index in [1.165, 1.54) is 0 Å². The van der Waals surface area contributed by atoms with Gasteiger partial charge in [0, 0.05) is 23.4 Å². The van der Waals surface area contributed by atoms with E-state index in [1.54, 1.807) is 24.3 Å². The van der Waals surface area contributed by atoms with E-state index in [2.05, 4.69) is 31.4 Å². The molecule has 1 rings (SSSR count). The second-order valence-corrected chi connectivity index (χ2v) is 6.31. The largest absolute Gasteiger partial charge is 0.396 e. The highest BCUT2D eigenvalue weighted by molar-refractivity contribution is 6.30. The molecule has 0 spiro atoms. The molecule has 1 unspecified atom stereocenters. The van der Waals surface area contributed by atoms with Gasteiger partial charge in [0.25, 0.3) is 0 Å². The molecule has 0 aliphatic rings. The molecule has 112 valence electrons. The number of carbonyl (C=O) groups is 1. The number of aliphatic hydroxyl groups is 1. The third-order valence-corrected chi connectivity index (χ3v) is 3.32. The lowest BCUT2D eigenvalue weighted by molar-refractivity contribution is -0.115. The van der Waals surface area contributed by atoms with Gasteiger partial charge in [-0.05, 0) is 30.0 Å². The Morgan fingerprint density at radius 2 is 2.10 bits per heavy atom. The van der Waals surface area contributed by atoms with Crippen LogP contribution < -0.4 is 10.6 Å². The van der Waals surface area contributed by atoms with Crippen molar-refractivity contribution < 1.29 is 9.90 Å². The molecular formula is C15H23ClN2O2. The molecule has 1 aromatic rings. The van der Waals surface area contributed by atoms with Gasteiger partial charge in [0.1, 0.15) is 0 Å². The van der Waals surface area contributed by atoms with Crippen LogP contribution in [0.1, 0.15) is 27.2 Å². The number of rotatable bonds is 6. The van der Waals surface area contributed by atoms with Crippen LogP contribution in [0.15, 0.2) is 24.3 Å². The van der Waals surface area contributed by atoms with Crippen LogP contribution in [0.5, 0.6) is 0 Å². The lowest BCUT2D eigenvalue weighted by Gasteiger charge is -2.31. The fourth-order valence-electron chi connectivity index (χ4n) is 1.96. The molecule has 0 radical (unpaired) electrons. The van der Waals surface area contributed by atoms with E-state index in [0.29, 0.717) is 17.1 Å². The monoisotopic (exact) mass is 298 g/mol. The van der Waals surface area contributed by atoms with Crippen molar-refractivity contribution in [3.8, 4) is 0 Å². The van der Waals surface area contributed by atoms with Crippen LogP contribution in [0.2, 0.25) is 5.02 Å². The first-order valence-corrected chi connectivity index (χ1v) is 7.10. The van der Waals surface area contributed by atoms with E-state index in [1.807, 2.05) is 0 Å². The van der Waals surface area contributed by atoms with Gasteiger partial charge in [0.15, 0.2) is 0 Å². The SMILES string of the molecule is CC(C)(C)C(CCO)NCC(=O)Nc1cccc(Cl)c1. The second kappa shape index (κ2) is 7.62. The summed E-state index contributed by atoms with van der Waals surface area (Å²) in [6.07, 6.45) is 0.619. The van der Waals surface area contributed by atoms with Gasteiger partial charge in [-0.1, -0.05) is 38.4 Å². The van der Waals surface area contributed by atoms with Crippen LogP contribution in [-0.2, 0) is 4.79 Å². The van der Waals surface area contributed by atoms with Crippen LogP contribution in [0.25, 0.3) is 0 Å². The number of anilines is 1. The van der Waals surface area contributed by atoms with Crippen LogP contribution in [0, 0.1) is 5.41 Å². The molecule has 1 atom stereocenters. The van der Waals surface area contributed by atoms with E-state index in [0.717, 1.165) is 0 Å². The Kier molecular flexibility index (Phi) is 6.46. The third-order valence-electron chi connectivity index (χ3n) is 3.08. The lowest BCUT2D eigenvalue weighted by atomic mass is 9.85. The number of amides is 1. The number of hydrogen-bond acceptors (Lipinski definition) is 3. The zero-order chi connectivity index (χ0) is 15.2. The molecule has 0 heterocycles. The molecule has 0 saturated carbocycles. The van der Waals surface area contributed by atoms with Gasteiger partial charge in [-0.3, -0.25) is 4.79 Å². The smallest absolute Gasteiger partial charge is 0.238 e. The lowest BCUT2D eigenvalue weighted by Crippen LogP contribution is -2.44. The molecule has 5 heteroatoms. The maximum atomic E-state index is 11.9. The Morgan fingerprint density at radius 1 is 1.40 bits per heavy atom. The molecule has 0 bridgehead atoms. The highest BCUT2D eigenvalue weighted by atomic mass is 35.5. The average Bonchev–Trinajstić information content (AvgIpc) is 2.33. The highest BCUT2D eigenvalue weighted by Crippen LogP contribution is 2.21. The molecule has 0 saturated heterocycles. The predicted octanol–water partition coefficient (Wildman–Crippen LogP) is 2.67. The summed E-state index contributed by atoms with van der Waals surface area (Å²) >= 11 is 5.86. The quantitative estimate of drug-likeness (QED) is 0.757. The summed E-state index contributed by atoms with van der Waals surface area (Å²) in [5, 5.41) is 15.6. The molecule has 1 aromatic carbocycles. The van der Waals surface area contributed by atoms with E-state index >= 15 is 0 Å². The minimum Gasteiger partial charge on any atom is -0.396 e. The molecule has 3 N–H and O–H groups in total. The van der Waals surface area contributed by atoms with Gasteiger partial charge in [0.2, 0.25) is 5.91 Å². The predicted molar refractivity (Wildman–Crippen MR) is 83.0 cm³/mol. The number of benzene rings is 1. The van der Waals surface area contributed by atoms with Gasteiger partial charge in [-0.25, -0.2) is 0 Å². The molecule has 0 aromatic heterocycles. The Morgan fingerprint density at radius 3 is 2.65 bits per heavy atom. The zero-order valence-corrected chi connectivity index (χ0v) is 13.0. The van der Waals surface area contributed by atoms with Gasteiger partial charge < -0.3 is 15.7 Å². The summed E-state index contributed by atoms with van der Waals surface area (Å²) in [7, 11) is 0. The summed E-state index contributed by atoms with van der Waals surface area (Å²) in [5.41, 5.74) is 0.665. The maximum Gasteiger partial charge on any atom is 0.238 e. The first kappa shape index (κ1) is 17.0. The van der Waals surface area contributed by atoms with Crippen LogP contribution >= 0.6 is 11.6 Å². The van der Waals surface area contributed by atoms with Crippen molar-refractivity contribution in [2.45, 2.75) is 33.2 Å². The Hall–Kier alpha value is -1.10. The molecule has 1 amide bonds. The standard InChI is InChI=1S/C15H23ClN2O2/c1-15(2,3)13(7-8-19)17-10-14(20)18-12-6-4-5-11(16)9-12/h4-6,9,13,17,19H,7-8,10H2,1-3H3,(H,18,20). The average molecular weight is 299 g/mol. The molecular weight excluding hydrogens is 276 g/mol. The minimum absolute atomic E-state index is 0.0148. The van der Waals surface area contributed by atoms with Crippen LogP contribution in [0.3, 0.4) is 0 Å². The molecule has 4 nitrogen and oxygen atoms in total. The van der Waals surface area contributed by atoms with Crippen molar-refractivity contribution in [3.05, 3.63) is 29.3 Å². The van der Waals surface area contributed by atoms with Crippen molar-refractivity contribution in [1.29, 1.82) is 0 Å². The summed E-state index contributed by atoms with van der Waals surface area (Å²) in [6, 6.07) is 7.12. The van der Waals surface area contributed by atoms with Crippen molar-refractivity contribution in [3.63, 3.8) is 0 Å². The van der Waals surface area contributed by atoms with Crippen molar-refractivity contribution in [2.24, 2.45) is 5.41 Å². The van der Waals surface area contributed by atoms with Gasteiger partial charge >= 0.3 is 0 Å². The van der Waals surface area contributed by atoms with Crippen LogP contribution in [-0.4, -0.2) is 30.2 Å². The topological polar surface area (TPSA) is 61.4 Å². The highest BCUT2D eigenvalue weighted by Gasteiger charge is 2.24. The summed E-state index contributed by atoms with van der Waals surface area (Å²) < 4.78 is 0. The number of hydrogen-bond donors (Lipinski definition) is 3. The molecule has 0 fully saturated rings. The molecule has 0 aliphatic heterocycles. The minimum atomic E-state index is -0.126. The zero-order valence-electron chi connectivity index (χ0n) is 12.2. The number of aliphatic hydroxyl groups excluding tert-OH is 1. The molecule has 0 aliphatic carbocycles. The third kappa shape index (κ3) is 5.90. The summed E-state index contributed by atoms with van der Waals surface area (Å²) in [4.78, 5) is 11.9. The van der Waals surface area contributed by atoms with Gasteiger partial charge in [-0.15, -0.1) is 0 Å². The Labute approximate surface area is 125 Å². The Bertz CT molecular complexity index is 444. The number of halogens is 1. The maximum absolute atomic E-state index is 11.9. The normalized spacial score (nSPS) is 13.1. The fourth-order valence-corrected chi connectivity index (χ4v) is 2.15. The van der Waals surface area contributed by atoms with E-state index < -0.39 is 0 Å². The Balaban J connectivity index is 2.50. The second-order valence-electron chi connectivity index (χ2n) is 5.87. The summed E-state index contributed by atoms with van der Waals surface area (Å²) in [5.74, 6) is -0.126. The number of carbonyl (C=O) groups excluding carboxylic acids is 1. The van der Waals surface area contributed by atoms with Gasteiger partial charge in [0.05, 0.1) is 6.54 Å². The fraction of sp³-hybridized carbons (Fsp3) is 0.533. The van der Waals surface area contributed by atoms with E-state index in [9.17, 15) is 4.79 Å². The first-order valence-electron chi connectivity index (χ1n) is 6.72. The molecule has 20 heavy (non-hydrogen) atoms. The number of nitrogens with one attached hydrogen (secondary N) is 2. The van der Waals surface area contributed by atoms with Crippen LogP contribution in [0.4, 0.5) is 5.69 Å². The first-order chi connectivity index (χ1) is 9.32. The van der Waals surface area contributed by atoms with E-state index in [-0.39, 0.29) is 30.5 Å². The van der Waals surface area contributed by atoms with Crippen molar-refractivity contribution >= 4 is 23.2 Å². The van der Waals surface area contributed by atoms with E-state index in [4.69, 9.17) is 16.7 Å². The van der Waals surface area contributed by atoms with Crippen molar-refractivity contribution in [1.82, 2.24) is 5.32 Å².